The van der Waals surface area contributed by atoms with Gasteiger partial charge in [0, 0.05) is 19.1 Å². The summed E-state index contributed by atoms with van der Waals surface area (Å²) < 4.78 is 0. The molecule has 1 aliphatic rings. The van der Waals surface area contributed by atoms with Crippen LogP contribution in [0.3, 0.4) is 0 Å². The molecule has 0 amide bonds. The first-order valence-electron chi connectivity index (χ1n) is 4.89. The van der Waals surface area contributed by atoms with E-state index in [0.29, 0.717) is 0 Å². The number of carboxylic acid groups (broad SMARTS) is 1. The van der Waals surface area contributed by atoms with Gasteiger partial charge in [-0.15, -0.1) is 13.2 Å². The van der Waals surface area contributed by atoms with Crippen molar-refractivity contribution in [2.75, 3.05) is 13.1 Å². The van der Waals surface area contributed by atoms with Crippen LogP contribution >= 0.6 is 0 Å². The Labute approximate surface area is 84.7 Å². The van der Waals surface area contributed by atoms with Crippen LogP contribution in [0.15, 0.2) is 25.3 Å². The van der Waals surface area contributed by atoms with E-state index in [1.54, 1.807) is 12.2 Å². The zero-order valence-electron chi connectivity index (χ0n) is 8.35. The third-order valence-electron chi connectivity index (χ3n) is 2.75. The molecule has 2 unspecified atom stereocenters. The highest BCUT2D eigenvalue weighted by molar-refractivity contribution is 5.72. The molecule has 3 nitrogen and oxygen atoms in total. The van der Waals surface area contributed by atoms with E-state index in [-0.39, 0.29) is 12.0 Å². The molecule has 0 aromatic carbocycles. The van der Waals surface area contributed by atoms with Crippen molar-refractivity contribution in [2.45, 2.75) is 18.9 Å². The maximum Gasteiger partial charge on any atom is 0.308 e. The van der Waals surface area contributed by atoms with Gasteiger partial charge in [0.1, 0.15) is 0 Å². The molecule has 3 heteroatoms. The van der Waals surface area contributed by atoms with E-state index in [2.05, 4.69) is 18.1 Å². The predicted octanol–water partition coefficient (Wildman–Crippen LogP) is 1.52. The van der Waals surface area contributed by atoms with Crippen molar-refractivity contribution < 1.29 is 9.90 Å². The van der Waals surface area contributed by atoms with Gasteiger partial charge in [0.15, 0.2) is 0 Å². The number of nitrogens with zero attached hydrogens (tertiary/aromatic N) is 1. The van der Waals surface area contributed by atoms with Crippen molar-refractivity contribution in [3.63, 3.8) is 0 Å². The lowest BCUT2D eigenvalue weighted by Gasteiger charge is -2.41. The monoisotopic (exact) mass is 195 g/mol. The van der Waals surface area contributed by atoms with Gasteiger partial charge in [-0.25, -0.2) is 0 Å². The topological polar surface area (TPSA) is 40.5 Å². The fourth-order valence-electron chi connectivity index (χ4n) is 1.88. The molecule has 0 heterocycles. The summed E-state index contributed by atoms with van der Waals surface area (Å²) in [7, 11) is 0. The van der Waals surface area contributed by atoms with Crippen LogP contribution < -0.4 is 0 Å². The number of carboxylic acids is 1. The lowest BCUT2D eigenvalue weighted by atomic mass is 9.78. The maximum atomic E-state index is 10.8. The van der Waals surface area contributed by atoms with E-state index in [1.807, 2.05) is 0 Å². The Kier molecular flexibility index (Phi) is 3.89. The largest absolute Gasteiger partial charge is 0.481 e. The summed E-state index contributed by atoms with van der Waals surface area (Å²) in [6, 6.07) is 0.170. The van der Waals surface area contributed by atoms with Crippen molar-refractivity contribution >= 4 is 5.97 Å². The summed E-state index contributed by atoms with van der Waals surface area (Å²) in [5, 5.41) is 8.91. The standard InChI is InChI=1S/C11H17NO2/c1-3-7-12(8-4-2)10-6-5-9(10)11(13)14/h3-4,9-10H,1-2,5-8H2,(H,13,14). The van der Waals surface area contributed by atoms with Gasteiger partial charge in [0.25, 0.3) is 0 Å². The Morgan fingerprint density at radius 1 is 1.36 bits per heavy atom. The first-order valence-corrected chi connectivity index (χ1v) is 4.89. The zero-order valence-corrected chi connectivity index (χ0v) is 8.35. The SMILES string of the molecule is C=CCN(CC=C)C1CCC1C(=O)O. The Morgan fingerprint density at radius 3 is 2.21 bits per heavy atom. The summed E-state index contributed by atoms with van der Waals surface area (Å²) in [5.41, 5.74) is 0. The normalized spacial score (nSPS) is 25.5. The van der Waals surface area contributed by atoms with E-state index in [1.165, 1.54) is 0 Å². The van der Waals surface area contributed by atoms with Gasteiger partial charge >= 0.3 is 5.97 Å². The predicted molar refractivity (Wildman–Crippen MR) is 56.1 cm³/mol. The first kappa shape index (κ1) is 11.0. The number of rotatable bonds is 6. The third kappa shape index (κ3) is 2.23. The quantitative estimate of drug-likeness (QED) is 0.653. The van der Waals surface area contributed by atoms with E-state index < -0.39 is 5.97 Å². The van der Waals surface area contributed by atoms with Gasteiger partial charge in [-0.2, -0.15) is 0 Å². The number of hydrogen-bond donors (Lipinski definition) is 1. The van der Waals surface area contributed by atoms with E-state index in [0.717, 1.165) is 25.9 Å². The molecule has 0 aliphatic heterocycles. The van der Waals surface area contributed by atoms with Crippen molar-refractivity contribution in [2.24, 2.45) is 5.92 Å². The van der Waals surface area contributed by atoms with Crippen molar-refractivity contribution in [1.29, 1.82) is 0 Å². The molecule has 0 aromatic heterocycles. The highest BCUT2D eigenvalue weighted by Crippen LogP contribution is 2.32. The van der Waals surface area contributed by atoms with Crippen molar-refractivity contribution in [3.8, 4) is 0 Å². The highest BCUT2D eigenvalue weighted by atomic mass is 16.4. The summed E-state index contributed by atoms with van der Waals surface area (Å²) in [5.74, 6) is -0.880. The average molecular weight is 195 g/mol. The maximum absolute atomic E-state index is 10.8. The van der Waals surface area contributed by atoms with Gasteiger partial charge in [-0.05, 0) is 12.8 Å². The minimum atomic E-state index is -0.681. The minimum absolute atomic E-state index is 0.170. The summed E-state index contributed by atoms with van der Waals surface area (Å²) >= 11 is 0. The van der Waals surface area contributed by atoms with Crippen LogP contribution in [0.2, 0.25) is 0 Å². The van der Waals surface area contributed by atoms with Crippen LogP contribution in [0.25, 0.3) is 0 Å². The number of hydrogen-bond acceptors (Lipinski definition) is 2. The van der Waals surface area contributed by atoms with Crippen molar-refractivity contribution in [1.82, 2.24) is 4.90 Å². The molecule has 1 fully saturated rings. The smallest absolute Gasteiger partial charge is 0.308 e. The third-order valence-corrected chi connectivity index (χ3v) is 2.75. The zero-order chi connectivity index (χ0) is 10.6. The minimum Gasteiger partial charge on any atom is -0.481 e. The van der Waals surface area contributed by atoms with Crippen molar-refractivity contribution in [3.05, 3.63) is 25.3 Å². The Hall–Kier alpha value is -1.09. The molecule has 0 aromatic rings. The van der Waals surface area contributed by atoms with Gasteiger partial charge in [-0.3, -0.25) is 9.69 Å². The lowest BCUT2D eigenvalue weighted by molar-refractivity contribution is -0.148. The summed E-state index contributed by atoms with van der Waals surface area (Å²) in [6.07, 6.45) is 5.38. The van der Waals surface area contributed by atoms with Gasteiger partial charge in [0.2, 0.25) is 0 Å². The number of aliphatic carboxylic acids is 1. The molecule has 1 aliphatic carbocycles. The Bertz CT molecular complexity index is 227. The van der Waals surface area contributed by atoms with Crippen LogP contribution in [-0.2, 0) is 4.79 Å². The van der Waals surface area contributed by atoms with E-state index in [4.69, 9.17) is 5.11 Å². The van der Waals surface area contributed by atoms with Gasteiger partial charge < -0.3 is 5.11 Å². The first-order chi connectivity index (χ1) is 6.70. The molecular weight excluding hydrogens is 178 g/mol. The molecule has 1 rings (SSSR count). The fraction of sp³-hybridized carbons (Fsp3) is 0.545. The van der Waals surface area contributed by atoms with Crippen LogP contribution in [-0.4, -0.2) is 35.1 Å². The van der Waals surface area contributed by atoms with Gasteiger partial charge in [-0.1, -0.05) is 12.2 Å². The Balaban J connectivity index is 2.54. The molecule has 0 radical (unpaired) electrons. The molecular formula is C11H17NO2. The van der Waals surface area contributed by atoms with Crippen LogP contribution in [0.5, 0.6) is 0 Å². The summed E-state index contributed by atoms with van der Waals surface area (Å²) in [6.45, 7) is 8.81. The second-order valence-corrected chi connectivity index (χ2v) is 3.62. The van der Waals surface area contributed by atoms with Crippen LogP contribution in [0.1, 0.15) is 12.8 Å². The molecule has 78 valence electrons. The fourth-order valence-corrected chi connectivity index (χ4v) is 1.88. The highest BCUT2D eigenvalue weighted by Gasteiger charge is 2.39. The van der Waals surface area contributed by atoms with Crippen LogP contribution in [0.4, 0.5) is 0 Å². The molecule has 1 N–H and O–H groups in total. The molecule has 2 atom stereocenters. The number of carbonyl (C=O) groups is 1. The summed E-state index contributed by atoms with van der Waals surface area (Å²) in [4.78, 5) is 12.9. The molecule has 0 bridgehead atoms. The second kappa shape index (κ2) is 4.96. The van der Waals surface area contributed by atoms with E-state index in [9.17, 15) is 4.79 Å². The molecule has 0 saturated heterocycles. The lowest BCUT2D eigenvalue weighted by Crippen LogP contribution is -2.50. The molecule has 14 heavy (non-hydrogen) atoms. The Morgan fingerprint density at radius 2 is 1.93 bits per heavy atom. The van der Waals surface area contributed by atoms with E-state index >= 15 is 0 Å². The molecule has 0 spiro atoms. The average Bonchev–Trinajstić information content (AvgIpc) is 2.01. The van der Waals surface area contributed by atoms with Crippen LogP contribution in [0, 0.1) is 5.92 Å². The second-order valence-electron chi connectivity index (χ2n) is 3.62. The van der Waals surface area contributed by atoms with Gasteiger partial charge in [0.05, 0.1) is 5.92 Å². The molecule has 1 saturated carbocycles.